The zero-order chi connectivity index (χ0) is 20.8. The number of nitrogens with one attached hydrogen (secondary N) is 1. The van der Waals surface area contributed by atoms with Gasteiger partial charge in [-0.1, -0.05) is 44.4 Å². The van der Waals surface area contributed by atoms with Crippen molar-refractivity contribution in [3.05, 3.63) is 51.1 Å². The second-order valence-electron chi connectivity index (χ2n) is 7.68. The van der Waals surface area contributed by atoms with Crippen molar-refractivity contribution in [2.45, 2.75) is 46.5 Å². The monoisotopic (exact) mass is 430 g/mol. The van der Waals surface area contributed by atoms with Crippen LogP contribution in [0, 0.1) is 6.92 Å². The van der Waals surface area contributed by atoms with Gasteiger partial charge in [0.2, 0.25) is 0 Å². The van der Waals surface area contributed by atoms with E-state index in [1.807, 2.05) is 18.2 Å². The summed E-state index contributed by atoms with van der Waals surface area (Å²) in [4.78, 5) is 15.8. The normalized spacial score (nSPS) is 11.6. The highest BCUT2D eigenvalue weighted by Gasteiger charge is 2.13. The summed E-state index contributed by atoms with van der Waals surface area (Å²) in [7, 11) is 0. The molecule has 0 saturated heterocycles. The Balaban J connectivity index is 1.87. The smallest absolute Gasteiger partial charge is 0.198 e. The Hall–Kier alpha value is -1.62. The Morgan fingerprint density at radius 1 is 1.03 bits per heavy atom. The van der Waals surface area contributed by atoms with E-state index in [0.29, 0.717) is 10.4 Å². The SMILES string of the molecule is CCCCN(CCCC)CCNc1ccc(C)c2sc3ccc(Cl)cc3c(=O)c12. The molecule has 0 aliphatic heterocycles. The summed E-state index contributed by atoms with van der Waals surface area (Å²) in [6.45, 7) is 10.7. The molecule has 3 nitrogen and oxygen atoms in total. The first kappa shape index (κ1) is 22.1. The van der Waals surface area contributed by atoms with E-state index in [1.165, 1.54) is 25.7 Å². The van der Waals surface area contributed by atoms with Crippen molar-refractivity contribution >= 4 is 48.8 Å². The Bertz CT molecular complexity index is 1020. The molecule has 0 atom stereocenters. The van der Waals surface area contributed by atoms with E-state index >= 15 is 0 Å². The molecule has 0 spiro atoms. The second kappa shape index (κ2) is 10.4. The third-order valence-corrected chi connectivity index (χ3v) is 6.92. The molecule has 0 aliphatic carbocycles. The molecule has 0 amide bonds. The highest BCUT2D eigenvalue weighted by atomic mass is 35.5. The highest BCUT2D eigenvalue weighted by molar-refractivity contribution is 7.24. The first-order chi connectivity index (χ1) is 14.0. The molecule has 1 aromatic heterocycles. The van der Waals surface area contributed by atoms with Crippen LogP contribution in [0.1, 0.15) is 45.1 Å². The second-order valence-corrected chi connectivity index (χ2v) is 9.17. The van der Waals surface area contributed by atoms with Gasteiger partial charge in [-0.2, -0.15) is 0 Å². The number of benzene rings is 2. The van der Waals surface area contributed by atoms with Gasteiger partial charge in [0.15, 0.2) is 5.43 Å². The van der Waals surface area contributed by atoms with Crippen molar-refractivity contribution in [3.8, 4) is 0 Å². The molecule has 1 N–H and O–H groups in total. The molecule has 2 aromatic carbocycles. The largest absolute Gasteiger partial charge is 0.383 e. The lowest BCUT2D eigenvalue weighted by molar-refractivity contribution is 0.275. The maximum atomic E-state index is 13.3. The molecule has 3 aromatic rings. The van der Waals surface area contributed by atoms with Crippen LogP contribution in [-0.4, -0.2) is 31.1 Å². The molecule has 29 heavy (non-hydrogen) atoms. The van der Waals surface area contributed by atoms with Crippen LogP contribution in [-0.2, 0) is 0 Å². The number of anilines is 1. The molecular formula is C24H31ClN2OS. The zero-order valence-corrected chi connectivity index (χ0v) is 19.3. The van der Waals surface area contributed by atoms with E-state index in [4.69, 9.17) is 11.6 Å². The number of unbranched alkanes of at least 4 members (excludes halogenated alkanes) is 2. The third-order valence-electron chi connectivity index (χ3n) is 5.38. The number of nitrogens with zero attached hydrogens (tertiary/aromatic N) is 1. The Kier molecular flexibility index (Phi) is 7.93. The number of fused-ring (bicyclic) bond motifs is 2. The fraction of sp³-hybridized carbons (Fsp3) is 0.458. The van der Waals surface area contributed by atoms with E-state index in [1.54, 1.807) is 17.4 Å². The summed E-state index contributed by atoms with van der Waals surface area (Å²) >= 11 is 7.83. The topological polar surface area (TPSA) is 32.3 Å². The van der Waals surface area contributed by atoms with E-state index in [2.05, 4.69) is 37.1 Å². The Labute approximate surface area is 182 Å². The van der Waals surface area contributed by atoms with Gasteiger partial charge in [-0.15, -0.1) is 11.3 Å². The first-order valence-electron chi connectivity index (χ1n) is 10.7. The molecule has 0 saturated carbocycles. The number of hydrogen-bond donors (Lipinski definition) is 1. The van der Waals surface area contributed by atoms with E-state index in [0.717, 1.165) is 52.2 Å². The Morgan fingerprint density at radius 3 is 2.45 bits per heavy atom. The zero-order valence-electron chi connectivity index (χ0n) is 17.7. The summed E-state index contributed by atoms with van der Waals surface area (Å²) in [5.74, 6) is 0. The van der Waals surface area contributed by atoms with Crippen LogP contribution in [0.3, 0.4) is 0 Å². The quantitative estimate of drug-likeness (QED) is 0.363. The fourth-order valence-corrected chi connectivity index (χ4v) is 4.98. The molecule has 0 unspecified atom stereocenters. The van der Waals surface area contributed by atoms with Gasteiger partial charge in [0.05, 0.1) is 5.39 Å². The van der Waals surface area contributed by atoms with Crippen LogP contribution in [0.5, 0.6) is 0 Å². The molecule has 0 radical (unpaired) electrons. The van der Waals surface area contributed by atoms with Gasteiger partial charge in [-0.3, -0.25) is 4.79 Å². The standard InChI is InChI=1S/C24H31ClN2OS/c1-4-6-13-27(14-7-5-2)15-12-26-20-10-8-17(3)24-22(20)23(28)19-16-18(25)9-11-21(19)29-24/h8-11,16,26H,4-7,12-15H2,1-3H3. The average Bonchev–Trinajstić information content (AvgIpc) is 2.72. The lowest BCUT2D eigenvalue weighted by atomic mass is 10.1. The number of halogens is 1. The van der Waals surface area contributed by atoms with E-state index < -0.39 is 0 Å². The van der Waals surface area contributed by atoms with Crippen molar-refractivity contribution < 1.29 is 0 Å². The van der Waals surface area contributed by atoms with Gasteiger partial charge in [-0.05, 0) is 62.7 Å². The minimum atomic E-state index is 0.0660. The van der Waals surface area contributed by atoms with Crippen molar-refractivity contribution in [3.63, 3.8) is 0 Å². The van der Waals surface area contributed by atoms with Crippen LogP contribution in [0.4, 0.5) is 5.69 Å². The summed E-state index contributed by atoms with van der Waals surface area (Å²) in [6.07, 6.45) is 4.90. The summed E-state index contributed by atoms with van der Waals surface area (Å²) in [5, 5.41) is 5.65. The number of aryl methyl sites for hydroxylation is 1. The molecule has 156 valence electrons. The van der Waals surface area contributed by atoms with E-state index in [-0.39, 0.29) is 5.43 Å². The van der Waals surface area contributed by atoms with Crippen molar-refractivity contribution in [1.82, 2.24) is 4.90 Å². The van der Waals surface area contributed by atoms with Gasteiger partial charge in [0, 0.05) is 38.6 Å². The first-order valence-corrected chi connectivity index (χ1v) is 11.9. The number of hydrogen-bond acceptors (Lipinski definition) is 4. The van der Waals surface area contributed by atoms with Crippen LogP contribution in [0.25, 0.3) is 20.2 Å². The number of rotatable bonds is 10. The van der Waals surface area contributed by atoms with Gasteiger partial charge in [0.25, 0.3) is 0 Å². The molecule has 0 fully saturated rings. The van der Waals surface area contributed by atoms with Gasteiger partial charge < -0.3 is 10.2 Å². The summed E-state index contributed by atoms with van der Waals surface area (Å²) in [6, 6.07) is 9.74. The van der Waals surface area contributed by atoms with Crippen LogP contribution >= 0.6 is 22.9 Å². The molecule has 3 rings (SSSR count). The predicted molar refractivity (Wildman–Crippen MR) is 130 cm³/mol. The summed E-state index contributed by atoms with van der Waals surface area (Å²) in [5.41, 5.74) is 2.13. The minimum Gasteiger partial charge on any atom is -0.383 e. The van der Waals surface area contributed by atoms with Crippen molar-refractivity contribution in [2.24, 2.45) is 0 Å². The maximum Gasteiger partial charge on any atom is 0.198 e. The van der Waals surface area contributed by atoms with Gasteiger partial charge in [0.1, 0.15) is 0 Å². The average molecular weight is 431 g/mol. The van der Waals surface area contributed by atoms with Crippen molar-refractivity contribution in [2.75, 3.05) is 31.5 Å². The van der Waals surface area contributed by atoms with Gasteiger partial charge in [-0.25, -0.2) is 0 Å². The van der Waals surface area contributed by atoms with Gasteiger partial charge >= 0.3 is 0 Å². The highest BCUT2D eigenvalue weighted by Crippen LogP contribution is 2.32. The van der Waals surface area contributed by atoms with Crippen LogP contribution in [0.2, 0.25) is 5.02 Å². The minimum absolute atomic E-state index is 0.0660. The molecule has 0 aliphatic rings. The molecule has 0 bridgehead atoms. The lowest BCUT2D eigenvalue weighted by Gasteiger charge is -2.22. The fourth-order valence-electron chi connectivity index (χ4n) is 3.65. The summed E-state index contributed by atoms with van der Waals surface area (Å²) < 4.78 is 2.04. The van der Waals surface area contributed by atoms with Crippen molar-refractivity contribution in [1.29, 1.82) is 0 Å². The van der Waals surface area contributed by atoms with Crippen LogP contribution in [0.15, 0.2) is 35.1 Å². The molecule has 1 heterocycles. The predicted octanol–water partition coefficient (Wildman–Crippen LogP) is 6.69. The van der Waals surface area contributed by atoms with E-state index in [9.17, 15) is 4.79 Å². The lowest BCUT2D eigenvalue weighted by Crippen LogP contribution is -2.31. The Morgan fingerprint density at radius 2 is 1.76 bits per heavy atom. The molecule has 5 heteroatoms. The maximum absolute atomic E-state index is 13.3. The molecular weight excluding hydrogens is 400 g/mol. The van der Waals surface area contributed by atoms with Crippen LogP contribution < -0.4 is 10.7 Å². The third kappa shape index (κ3) is 5.30.